The zero-order chi connectivity index (χ0) is 10.4. The van der Waals surface area contributed by atoms with Gasteiger partial charge in [-0.1, -0.05) is 0 Å². The average Bonchev–Trinajstić information content (AvgIpc) is 2.00. The van der Waals surface area contributed by atoms with Crippen LogP contribution in [0, 0.1) is 11.3 Å². The molecular formula is C10H14F2O2. The summed E-state index contributed by atoms with van der Waals surface area (Å²) in [6.45, 7) is 0. The molecule has 0 radical (unpaired) electrons. The smallest absolute Gasteiger partial charge is 0.306 e. The topological polar surface area (TPSA) is 37.3 Å². The second-order valence-corrected chi connectivity index (χ2v) is 4.80. The van der Waals surface area contributed by atoms with E-state index in [4.69, 9.17) is 5.11 Å². The van der Waals surface area contributed by atoms with Crippen molar-refractivity contribution in [3.05, 3.63) is 0 Å². The van der Waals surface area contributed by atoms with Crippen LogP contribution in [0.5, 0.6) is 0 Å². The van der Waals surface area contributed by atoms with Crippen LogP contribution in [0.4, 0.5) is 8.78 Å². The minimum atomic E-state index is -2.50. The molecule has 0 atom stereocenters. The van der Waals surface area contributed by atoms with E-state index in [2.05, 4.69) is 0 Å². The number of rotatable bonds is 1. The molecule has 14 heavy (non-hydrogen) atoms. The predicted octanol–water partition coefficient (Wildman–Crippen LogP) is 2.68. The number of carboxylic acids is 1. The van der Waals surface area contributed by atoms with Crippen molar-refractivity contribution in [2.45, 2.75) is 44.4 Å². The molecular weight excluding hydrogens is 190 g/mol. The van der Waals surface area contributed by atoms with Crippen molar-refractivity contribution in [3.63, 3.8) is 0 Å². The lowest BCUT2D eigenvalue weighted by Gasteiger charge is -2.50. The fourth-order valence-electron chi connectivity index (χ4n) is 2.71. The summed E-state index contributed by atoms with van der Waals surface area (Å²) in [4.78, 5) is 10.6. The highest BCUT2D eigenvalue weighted by molar-refractivity contribution is 5.71. The first-order chi connectivity index (χ1) is 6.43. The Morgan fingerprint density at radius 2 is 1.64 bits per heavy atom. The van der Waals surface area contributed by atoms with Gasteiger partial charge < -0.3 is 5.11 Å². The van der Waals surface area contributed by atoms with Crippen LogP contribution in [0.2, 0.25) is 0 Å². The van der Waals surface area contributed by atoms with E-state index < -0.39 is 11.9 Å². The second kappa shape index (κ2) is 2.91. The summed E-state index contributed by atoms with van der Waals surface area (Å²) in [5.74, 6) is -3.55. The van der Waals surface area contributed by atoms with E-state index in [9.17, 15) is 13.6 Å². The van der Waals surface area contributed by atoms with Crippen LogP contribution in [-0.2, 0) is 4.79 Å². The quantitative estimate of drug-likeness (QED) is 0.713. The molecule has 2 aliphatic carbocycles. The molecule has 2 fully saturated rings. The van der Waals surface area contributed by atoms with E-state index in [-0.39, 0.29) is 24.2 Å². The Morgan fingerprint density at radius 1 is 1.14 bits per heavy atom. The van der Waals surface area contributed by atoms with Crippen molar-refractivity contribution in [2.75, 3.05) is 0 Å². The Kier molecular flexibility index (Phi) is 2.05. The molecule has 0 saturated heterocycles. The van der Waals surface area contributed by atoms with Crippen LogP contribution in [0.25, 0.3) is 0 Å². The fourth-order valence-corrected chi connectivity index (χ4v) is 2.71. The minimum absolute atomic E-state index is 0.0509. The molecule has 0 bridgehead atoms. The first-order valence-corrected chi connectivity index (χ1v) is 5.03. The largest absolute Gasteiger partial charge is 0.481 e. The summed E-state index contributed by atoms with van der Waals surface area (Å²) in [7, 11) is 0. The molecule has 0 aromatic carbocycles. The van der Waals surface area contributed by atoms with E-state index in [1.165, 1.54) is 0 Å². The normalized spacial score (nSPS) is 29.9. The summed E-state index contributed by atoms with van der Waals surface area (Å²) < 4.78 is 25.7. The van der Waals surface area contributed by atoms with Gasteiger partial charge in [-0.2, -0.15) is 0 Å². The van der Waals surface area contributed by atoms with Gasteiger partial charge in [-0.05, 0) is 31.1 Å². The molecule has 0 aliphatic heterocycles. The maximum absolute atomic E-state index is 12.8. The van der Waals surface area contributed by atoms with Gasteiger partial charge in [-0.3, -0.25) is 4.79 Å². The zero-order valence-electron chi connectivity index (χ0n) is 7.93. The van der Waals surface area contributed by atoms with Gasteiger partial charge >= 0.3 is 5.97 Å². The maximum atomic E-state index is 12.8. The van der Waals surface area contributed by atoms with E-state index in [0.29, 0.717) is 25.7 Å². The summed E-state index contributed by atoms with van der Waals surface area (Å²) in [5, 5.41) is 8.70. The van der Waals surface area contributed by atoms with Crippen molar-refractivity contribution in [2.24, 2.45) is 11.3 Å². The highest BCUT2D eigenvalue weighted by Crippen LogP contribution is 2.57. The standard InChI is InChI=1S/C10H14F2O2/c11-10(12)3-1-9(2-4-10)5-7(6-9)8(13)14/h7H,1-6H2,(H,13,14). The van der Waals surface area contributed by atoms with Gasteiger partial charge in [-0.15, -0.1) is 0 Å². The highest BCUT2D eigenvalue weighted by Gasteiger charge is 2.52. The van der Waals surface area contributed by atoms with Crippen LogP contribution in [0.3, 0.4) is 0 Å². The van der Waals surface area contributed by atoms with Crippen molar-refractivity contribution in [1.82, 2.24) is 0 Å². The van der Waals surface area contributed by atoms with E-state index in [1.807, 2.05) is 0 Å². The van der Waals surface area contributed by atoms with E-state index in [0.717, 1.165) is 0 Å². The number of carboxylic acid groups (broad SMARTS) is 1. The molecule has 2 aliphatic rings. The molecule has 1 spiro atoms. The van der Waals surface area contributed by atoms with Crippen molar-refractivity contribution >= 4 is 5.97 Å². The van der Waals surface area contributed by atoms with Crippen molar-refractivity contribution < 1.29 is 18.7 Å². The number of halogens is 2. The fraction of sp³-hybridized carbons (Fsp3) is 0.900. The minimum Gasteiger partial charge on any atom is -0.481 e. The molecule has 1 N–H and O–H groups in total. The summed E-state index contributed by atoms with van der Waals surface area (Å²) in [5.41, 5.74) is -0.0509. The van der Waals surface area contributed by atoms with Gasteiger partial charge in [-0.25, -0.2) is 8.78 Å². The predicted molar refractivity (Wildman–Crippen MR) is 46.2 cm³/mol. The summed E-state index contributed by atoms with van der Waals surface area (Å²) in [6, 6.07) is 0. The maximum Gasteiger partial charge on any atom is 0.306 e. The molecule has 0 unspecified atom stereocenters. The number of carbonyl (C=O) groups is 1. The molecule has 2 rings (SSSR count). The third-order valence-corrected chi connectivity index (χ3v) is 3.75. The zero-order valence-corrected chi connectivity index (χ0v) is 7.93. The van der Waals surface area contributed by atoms with Gasteiger partial charge in [0.25, 0.3) is 0 Å². The first-order valence-electron chi connectivity index (χ1n) is 5.03. The highest BCUT2D eigenvalue weighted by atomic mass is 19.3. The van der Waals surface area contributed by atoms with Crippen molar-refractivity contribution in [1.29, 1.82) is 0 Å². The average molecular weight is 204 g/mol. The lowest BCUT2D eigenvalue weighted by molar-refractivity contribution is -0.156. The number of hydrogen-bond donors (Lipinski definition) is 1. The number of alkyl halides is 2. The molecule has 80 valence electrons. The summed E-state index contributed by atoms with van der Waals surface area (Å²) in [6.07, 6.45) is 2.11. The van der Waals surface area contributed by atoms with Crippen LogP contribution in [0.15, 0.2) is 0 Å². The molecule has 0 heterocycles. The van der Waals surface area contributed by atoms with Crippen LogP contribution in [0.1, 0.15) is 38.5 Å². The second-order valence-electron chi connectivity index (χ2n) is 4.80. The van der Waals surface area contributed by atoms with Gasteiger partial charge in [0.2, 0.25) is 5.92 Å². The van der Waals surface area contributed by atoms with Crippen LogP contribution < -0.4 is 0 Å². The Labute approximate surface area is 81.3 Å². The molecule has 2 nitrogen and oxygen atoms in total. The number of aliphatic carboxylic acids is 1. The first kappa shape index (κ1) is 9.87. The van der Waals surface area contributed by atoms with Gasteiger partial charge in [0.1, 0.15) is 0 Å². The molecule has 0 aromatic rings. The Hall–Kier alpha value is -0.670. The molecule has 0 aromatic heterocycles. The third kappa shape index (κ3) is 1.62. The Bertz CT molecular complexity index is 245. The van der Waals surface area contributed by atoms with Gasteiger partial charge in [0.15, 0.2) is 0 Å². The Balaban J connectivity index is 1.89. The molecule has 2 saturated carbocycles. The summed E-state index contributed by atoms with van der Waals surface area (Å²) >= 11 is 0. The van der Waals surface area contributed by atoms with Gasteiger partial charge in [0.05, 0.1) is 5.92 Å². The van der Waals surface area contributed by atoms with Gasteiger partial charge in [0, 0.05) is 12.8 Å². The van der Waals surface area contributed by atoms with Crippen LogP contribution in [-0.4, -0.2) is 17.0 Å². The third-order valence-electron chi connectivity index (χ3n) is 3.75. The van der Waals surface area contributed by atoms with Crippen molar-refractivity contribution in [3.8, 4) is 0 Å². The van der Waals surface area contributed by atoms with Crippen LogP contribution >= 0.6 is 0 Å². The Morgan fingerprint density at radius 3 is 2.07 bits per heavy atom. The lowest BCUT2D eigenvalue weighted by atomic mass is 9.55. The molecule has 4 heteroatoms. The lowest BCUT2D eigenvalue weighted by Crippen LogP contribution is -2.45. The van der Waals surface area contributed by atoms with E-state index in [1.54, 1.807) is 0 Å². The monoisotopic (exact) mass is 204 g/mol. The SMILES string of the molecule is O=C(O)C1CC2(CCC(F)(F)CC2)C1. The number of hydrogen-bond acceptors (Lipinski definition) is 1. The van der Waals surface area contributed by atoms with E-state index >= 15 is 0 Å². The molecule has 0 amide bonds.